The molecule has 0 amide bonds. The molecule has 0 unspecified atom stereocenters. The fraction of sp³-hybridized carbons (Fsp3) is 0.167. The van der Waals surface area contributed by atoms with Gasteiger partial charge in [-0.3, -0.25) is 4.68 Å². The van der Waals surface area contributed by atoms with Gasteiger partial charge in [0.2, 0.25) is 0 Å². The van der Waals surface area contributed by atoms with Crippen molar-refractivity contribution in [3.05, 3.63) is 53.1 Å². The van der Waals surface area contributed by atoms with Gasteiger partial charge in [0, 0.05) is 11.8 Å². The molecular formula is C12H13FN4O. The summed E-state index contributed by atoms with van der Waals surface area (Å²) in [4.78, 5) is 0. The summed E-state index contributed by atoms with van der Waals surface area (Å²) in [5, 5.41) is 15.8. The molecule has 1 aromatic carbocycles. The first-order chi connectivity index (χ1) is 8.60. The summed E-state index contributed by atoms with van der Waals surface area (Å²) in [5.41, 5.74) is 7.52. The predicted octanol–water partition coefficient (Wildman–Crippen LogP) is 1.47. The van der Waals surface area contributed by atoms with Crippen molar-refractivity contribution in [2.45, 2.75) is 13.5 Å². The first kappa shape index (κ1) is 12.1. The van der Waals surface area contributed by atoms with Gasteiger partial charge in [0.05, 0.1) is 12.2 Å². The van der Waals surface area contributed by atoms with Gasteiger partial charge in [-0.2, -0.15) is 5.10 Å². The summed E-state index contributed by atoms with van der Waals surface area (Å²) in [7, 11) is 0. The Morgan fingerprint density at radius 1 is 1.50 bits per heavy atom. The molecule has 94 valence electrons. The molecule has 0 aliphatic rings. The number of oxime groups is 1. The second-order valence-electron chi connectivity index (χ2n) is 3.94. The van der Waals surface area contributed by atoms with E-state index in [9.17, 15) is 4.39 Å². The van der Waals surface area contributed by atoms with E-state index in [2.05, 4.69) is 10.3 Å². The predicted molar refractivity (Wildman–Crippen MR) is 65.0 cm³/mol. The van der Waals surface area contributed by atoms with Crippen LogP contribution >= 0.6 is 0 Å². The monoisotopic (exact) mass is 248 g/mol. The van der Waals surface area contributed by atoms with Crippen molar-refractivity contribution in [2.75, 3.05) is 0 Å². The fourth-order valence-electron chi connectivity index (χ4n) is 1.70. The molecule has 0 saturated heterocycles. The number of amidine groups is 1. The van der Waals surface area contributed by atoms with Gasteiger partial charge in [-0.15, -0.1) is 0 Å². The van der Waals surface area contributed by atoms with Gasteiger partial charge in [-0.25, -0.2) is 4.39 Å². The molecule has 5 nitrogen and oxygen atoms in total. The average Bonchev–Trinajstić information content (AvgIpc) is 2.76. The van der Waals surface area contributed by atoms with Crippen LogP contribution in [-0.4, -0.2) is 20.8 Å². The largest absolute Gasteiger partial charge is 0.409 e. The molecule has 0 radical (unpaired) electrons. The summed E-state index contributed by atoms with van der Waals surface area (Å²) < 4.78 is 14.9. The van der Waals surface area contributed by atoms with Gasteiger partial charge in [0.15, 0.2) is 5.84 Å². The third-order valence-electron chi connectivity index (χ3n) is 2.56. The Balaban J connectivity index is 2.38. The lowest BCUT2D eigenvalue weighted by molar-refractivity contribution is 0.318. The van der Waals surface area contributed by atoms with E-state index in [4.69, 9.17) is 10.9 Å². The number of nitrogens with zero attached hydrogens (tertiary/aromatic N) is 3. The first-order valence-corrected chi connectivity index (χ1v) is 5.36. The van der Waals surface area contributed by atoms with Crippen molar-refractivity contribution >= 4 is 5.84 Å². The van der Waals surface area contributed by atoms with E-state index in [0.717, 1.165) is 11.3 Å². The number of nitrogens with two attached hydrogens (primary N) is 1. The Morgan fingerprint density at radius 3 is 2.89 bits per heavy atom. The van der Waals surface area contributed by atoms with E-state index >= 15 is 0 Å². The van der Waals surface area contributed by atoms with Crippen LogP contribution in [0.25, 0.3) is 0 Å². The number of benzene rings is 1. The highest BCUT2D eigenvalue weighted by Crippen LogP contribution is 2.13. The maximum absolute atomic E-state index is 13.2. The quantitative estimate of drug-likeness (QED) is 0.374. The maximum Gasteiger partial charge on any atom is 0.170 e. The average molecular weight is 248 g/mol. The van der Waals surface area contributed by atoms with Crippen molar-refractivity contribution in [3.8, 4) is 0 Å². The minimum Gasteiger partial charge on any atom is -0.409 e. The molecule has 6 heteroatoms. The van der Waals surface area contributed by atoms with Crippen LogP contribution in [0.15, 0.2) is 35.6 Å². The molecule has 2 rings (SSSR count). The number of aryl methyl sites for hydroxylation is 1. The Hall–Kier alpha value is -2.37. The Kier molecular flexibility index (Phi) is 3.27. The summed E-state index contributed by atoms with van der Waals surface area (Å²) >= 11 is 0. The highest BCUT2D eigenvalue weighted by atomic mass is 19.1. The molecule has 0 bridgehead atoms. The van der Waals surface area contributed by atoms with Crippen molar-refractivity contribution in [1.29, 1.82) is 0 Å². The molecule has 0 fully saturated rings. The second-order valence-corrected chi connectivity index (χ2v) is 3.94. The van der Waals surface area contributed by atoms with E-state index in [1.807, 2.05) is 19.2 Å². The molecule has 0 atom stereocenters. The van der Waals surface area contributed by atoms with Crippen molar-refractivity contribution < 1.29 is 9.60 Å². The van der Waals surface area contributed by atoms with Gasteiger partial charge in [-0.1, -0.05) is 11.2 Å². The highest BCUT2D eigenvalue weighted by molar-refractivity contribution is 5.98. The summed E-state index contributed by atoms with van der Waals surface area (Å²) in [6.45, 7) is 2.31. The molecule has 1 aromatic heterocycles. The van der Waals surface area contributed by atoms with Crippen LogP contribution in [-0.2, 0) is 6.54 Å². The lowest BCUT2D eigenvalue weighted by Crippen LogP contribution is -2.17. The zero-order chi connectivity index (χ0) is 13.1. The fourth-order valence-corrected chi connectivity index (χ4v) is 1.70. The number of rotatable bonds is 3. The minimum absolute atomic E-state index is 0.117. The molecule has 0 aliphatic heterocycles. The summed E-state index contributed by atoms with van der Waals surface area (Å²) in [5.74, 6) is -0.551. The molecular weight excluding hydrogens is 235 g/mol. The zero-order valence-electron chi connectivity index (χ0n) is 9.84. The van der Waals surface area contributed by atoms with Crippen LogP contribution in [0.5, 0.6) is 0 Å². The van der Waals surface area contributed by atoms with E-state index in [-0.39, 0.29) is 5.84 Å². The third kappa shape index (κ3) is 2.48. The standard InChI is InChI=1S/C12H13FN4O/c1-8-4-5-17(15-8)7-9-2-3-10(13)6-11(9)12(14)16-18/h2-6,18H,7H2,1H3,(H2,14,16). The topological polar surface area (TPSA) is 76.4 Å². The van der Waals surface area contributed by atoms with Crippen molar-refractivity contribution in [2.24, 2.45) is 10.9 Å². The Bertz CT molecular complexity index is 592. The van der Waals surface area contributed by atoms with Crippen LogP contribution in [0.4, 0.5) is 4.39 Å². The lowest BCUT2D eigenvalue weighted by atomic mass is 10.1. The van der Waals surface area contributed by atoms with Gasteiger partial charge < -0.3 is 10.9 Å². The molecule has 2 aromatic rings. The molecule has 0 spiro atoms. The molecule has 3 N–H and O–H groups in total. The number of hydrogen-bond donors (Lipinski definition) is 2. The van der Waals surface area contributed by atoms with Crippen LogP contribution in [0, 0.1) is 12.7 Å². The second kappa shape index (κ2) is 4.87. The molecule has 0 aliphatic carbocycles. The zero-order valence-corrected chi connectivity index (χ0v) is 9.84. The normalized spacial score (nSPS) is 11.8. The maximum atomic E-state index is 13.2. The van der Waals surface area contributed by atoms with E-state index < -0.39 is 5.82 Å². The van der Waals surface area contributed by atoms with Gasteiger partial charge in [-0.05, 0) is 30.7 Å². The van der Waals surface area contributed by atoms with Gasteiger partial charge in [0.1, 0.15) is 5.82 Å². The number of hydrogen-bond acceptors (Lipinski definition) is 3. The number of aromatic nitrogens is 2. The molecule has 1 heterocycles. The smallest absolute Gasteiger partial charge is 0.170 e. The number of halogens is 1. The van der Waals surface area contributed by atoms with Crippen LogP contribution < -0.4 is 5.73 Å². The van der Waals surface area contributed by atoms with E-state index in [1.54, 1.807) is 10.7 Å². The third-order valence-corrected chi connectivity index (χ3v) is 2.56. The summed E-state index contributed by atoms with van der Waals surface area (Å²) in [6.07, 6.45) is 1.81. The van der Waals surface area contributed by atoms with Gasteiger partial charge >= 0.3 is 0 Å². The Labute approximate surface area is 103 Å². The van der Waals surface area contributed by atoms with Crippen LogP contribution in [0.3, 0.4) is 0 Å². The minimum atomic E-state index is -0.433. The SMILES string of the molecule is Cc1ccn(Cc2ccc(F)cc2C(N)=NO)n1. The van der Waals surface area contributed by atoms with E-state index in [0.29, 0.717) is 12.1 Å². The van der Waals surface area contributed by atoms with Crippen molar-refractivity contribution in [3.63, 3.8) is 0 Å². The van der Waals surface area contributed by atoms with Crippen LogP contribution in [0.1, 0.15) is 16.8 Å². The molecule has 18 heavy (non-hydrogen) atoms. The molecule has 0 saturated carbocycles. The van der Waals surface area contributed by atoms with Gasteiger partial charge in [0.25, 0.3) is 0 Å². The lowest BCUT2D eigenvalue weighted by Gasteiger charge is -2.08. The van der Waals surface area contributed by atoms with Crippen LogP contribution in [0.2, 0.25) is 0 Å². The van der Waals surface area contributed by atoms with Crippen molar-refractivity contribution in [1.82, 2.24) is 9.78 Å². The Morgan fingerprint density at radius 2 is 2.28 bits per heavy atom. The highest BCUT2D eigenvalue weighted by Gasteiger charge is 2.09. The van der Waals surface area contributed by atoms with E-state index in [1.165, 1.54) is 12.1 Å². The first-order valence-electron chi connectivity index (χ1n) is 5.36. The summed E-state index contributed by atoms with van der Waals surface area (Å²) in [6, 6.07) is 6.03.